The maximum absolute atomic E-state index is 13.7. The molecule has 3 aromatic rings. The molecule has 0 bridgehead atoms. The van der Waals surface area contributed by atoms with Gasteiger partial charge in [0.15, 0.2) is 6.61 Å². The van der Waals surface area contributed by atoms with Gasteiger partial charge in [0.05, 0.1) is 11.8 Å². The molecule has 0 aliphatic rings. The second-order valence-corrected chi connectivity index (χ2v) is 6.62. The lowest BCUT2D eigenvalue weighted by molar-refractivity contribution is -0.123. The Morgan fingerprint density at radius 1 is 1.00 bits per heavy atom. The molecule has 0 heterocycles. The molecule has 0 aromatic heterocycles. The fraction of sp³-hybridized carbons (Fsp3) is 0.0800. The normalized spacial score (nSPS) is 10.5. The van der Waals surface area contributed by atoms with Crippen LogP contribution in [0.25, 0.3) is 0 Å². The molecule has 3 aromatic carbocycles. The molecule has 0 aliphatic carbocycles. The Hall–Kier alpha value is -4.26. The molecule has 0 aliphatic heterocycles. The summed E-state index contributed by atoms with van der Waals surface area (Å²) in [6.07, 6.45) is 3.84. The number of hydrazone groups is 1. The third kappa shape index (κ3) is 6.37. The molecule has 3 rings (SSSR count). The van der Waals surface area contributed by atoms with Crippen LogP contribution in [0.1, 0.15) is 21.5 Å². The minimum absolute atomic E-state index is 0.143. The van der Waals surface area contributed by atoms with Crippen LogP contribution in [0.3, 0.4) is 0 Å². The minimum atomic E-state index is -0.786. The number of allylic oxidation sites excluding steroid dienone is 1. The van der Waals surface area contributed by atoms with Crippen molar-refractivity contribution in [2.24, 2.45) is 5.10 Å². The van der Waals surface area contributed by atoms with Crippen molar-refractivity contribution in [2.45, 2.75) is 6.42 Å². The number of amides is 1. The monoisotopic (exact) mass is 432 g/mol. The van der Waals surface area contributed by atoms with Crippen LogP contribution in [0.5, 0.6) is 11.5 Å². The summed E-state index contributed by atoms with van der Waals surface area (Å²) in [5.41, 5.74) is 3.84. The molecule has 0 saturated heterocycles. The highest BCUT2D eigenvalue weighted by Crippen LogP contribution is 2.18. The molecule has 0 fully saturated rings. The predicted molar refractivity (Wildman–Crippen MR) is 119 cm³/mol. The fourth-order valence-corrected chi connectivity index (χ4v) is 2.73. The molecule has 7 heteroatoms. The average Bonchev–Trinajstić information content (AvgIpc) is 2.80. The standard InChI is InChI=1S/C25H21FN2O4/c1-2-7-19-8-3-6-11-23(19)31-17-24(29)28-27-16-18-12-14-20(15-13-18)32-25(30)21-9-4-5-10-22(21)26/h2-6,8-16H,1,7,17H2,(H,28,29)/b27-16-. The van der Waals surface area contributed by atoms with Crippen molar-refractivity contribution in [3.8, 4) is 11.5 Å². The zero-order valence-corrected chi connectivity index (χ0v) is 17.2. The highest BCUT2D eigenvalue weighted by molar-refractivity contribution is 5.91. The number of nitrogens with one attached hydrogen (secondary N) is 1. The van der Waals surface area contributed by atoms with Crippen molar-refractivity contribution >= 4 is 18.1 Å². The Bertz CT molecular complexity index is 1130. The largest absolute Gasteiger partial charge is 0.483 e. The number of hydrogen-bond acceptors (Lipinski definition) is 5. The Labute approximate surface area is 185 Å². The topological polar surface area (TPSA) is 77.0 Å². The summed E-state index contributed by atoms with van der Waals surface area (Å²) in [5, 5.41) is 3.88. The van der Waals surface area contributed by atoms with Crippen LogP contribution in [0.2, 0.25) is 0 Å². The highest BCUT2D eigenvalue weighted by Gasteiger charge is 2.13. The maximum Gasteiger partial charge on any atom is 0.346 e. The van der Waals surface area contributed by atoms with Gasteiger partial charge in [-0.15, -0.1) is 6.58 Å². The Morgan fingerprint density at radius 2 is 1.72 bits per heavy atom. The molecule has 1 amide bonds. The van der Waals surface area contributed by atoms with E-state index in [4.69, 9.17) is 9.47 Å². The molecule has 162 valence electrons. The van der Waals surface area contributed by atoms with E-state index in [1.807, 2.05) is 18.2 Å². The SMILES string of the molecule is C=CCc1ccccc1OCC(=O)N/N=C\c1ccc(OC(=O)c2ccccc2F)cc1. The summed E-state index contributed by atoms with van der Waals surface area (Å²) >= 11 is 0. The van der Waals surface area contributed by atoms with Crippen LogP contribution in [-0.4, -0.2) is 24.7 Å². The van der Waals surface area contributed by atoms with Crippen molar-refractivity contribution in [3.63, 3.8) is 0 Å². The zero-order valence-electron chi connectivity index (χ0n) is 17.2. The van der Waals surface area contributed by atoms with E-state index >= 15 is 0 Å². The van der Waals surface area contributed by atoms with E-state index in [0.717, 1.165) is 5.56 Å². The van der Waals surface area contributed by atoms with Gasteiger partial charge >= 0.3 is 5.97 Å². The van der Waals surface area contributed by atoms with E-state index in [1.165, 1.54) is 24.4 Å². The summed E-state index contributed by atoms with van der Waals surface area (Å²) in [4.78, 5) is 24.0. The second kappa shape index (κ2) is 11.2. The first-order valence-corrected chi connectivity index (χ1v) is 9.77. The van der Waals surface area contributed by atoms with Gasteiger partial charge in [0, 0.05) is 0 Å². The van der Waals surface area contributed by atoms with Crippen molar-refractivity contribution in [2.75, 3.05) is 6.61 Å². The van der Waals surface area contributed by atoms with E-state index in [2.05, 4.69) is 17.1 Å². The lowest BCUT2D eigenvalue weighted by atomic mass is 10.1. The number of rotatable bonds is 9. The van der Waals surface area contributed by atoms with Gasteiger partial charge in [-0.2, -0.15) is 5.10 Å². The van der Waals surface area contributed by atoms with E-state index in [0.29, 0.717) is 17.7 Å². The molecule has 0 radical (unpaired) electrons. The third-order valence-corrected chi connectivity index (χ3v) is 4.28. The summed E-state index contributed by atoms with van der Waals surface area (Å²) in [7, 11) is 0. The van der Waals surface area contributed by atoms with Gasteiger partial charge in [-0.05, 0) is 60.0 Å². The summed E-state index contributed by atoms with van der Waals surface area (Å²) < 4.78 is 24.4. The second-order valence-electron chi connectivity index (χ2n) is 6.62. The van der Waals surface area contributed by atoms with Crippen LogP contribution in [0.4, 0.5) is 4.39 Å². The lowest BCUT2D eigenvalue weighted by Gasteiger charge is -2.09. The summed E-state index contributed by atoms with van der Waals surface area (Å²) in [6.45, 7) is 3.52. The molecule has 0 atom stereocenters. The number of carbonyl (C=O) groups is 2. The maximum atomic E-state index is 13.7. The average molecular weight is 432 g/mol. The van der Waals surface area contributed by atoms with E-state index in [1.54, 1.807) is 42.5 Å². The quantitative estimate of drug-likeness (QED) is 0.180. The first-order valence-electron chi connectivity index (χ1n) is 9.77. The van der Waals surface area contributed by atoms with Crippen LogP contribution in [0.15, 0.2) is 90.6 Å². The predicted octanol–water partition coefficient (Wildman–Crippen LogP) is 4.30. The number of ether oxygens (including phenoxy) is 2. The first kappa shape index (κ1) is 22.4. The summed E-state index contributed by atoms with van der Waals surface area (Å²) in [6, 6.07) is 19.4. The van der Waals surface area contributed by atoms with E-state index in [9.17, 15) is 14.0 Å². The molecular weight excluding hydrogens is 411 g/mol. The molecule has 6 nitrogen and oxygen atoms in total. The van der Waals surface area contributed by atoms with Gasteiger partial charge < -0.3 is 9.47 Å². The van der Waals surface area contributed by atoms with Crippen molar-refractivity contribution in [3.05, 3.63) is 108 Å². The van der Waals surface area contributed by atoms with Crippen LogP contribution < -0.4 is 14.9 Å². The van der Waals surface area contributed by atoms with Gasteiger partial charge in [-0.25, -0.2) is 14.6 Å². The Morgan fingerprint density at radius 3 is 2.47 bits per heavy atom. The van der Waals surface area contributed by atoms with Gasteiger partial charge in [-0.3, -0.25) is 4.79 Å². The van der Waals surface area contributed by atoms with Gasteiger partial charge in [-0.1, -0.05) is 36.4 Å². The Balaban J connectivity index is 1.48. The number of benzene rings is 3. The van der Waals surface area contributed by atoms with Crippen LogP contribution in [-0.2, 0) is 11.2 Å². The lowest BCUT2D eigenvalue weighted by Crippen LogP contribution is -2.24. The highest BCUT2D eigenvalue weighted by atomic mass is 19.1. The third-order valence-electron chi connectivity index (χ3n) is 4.28. The van der Waals surface area contributed by atoms with Gasteiger partial charge in [0.1, 0.15) is 17.3 Å². The van der Waals surface area contributed by atoms with Crippen LogP contribution >= 0.6 is 0 Å². The fourth-order valence-electron chi connectivity index (χ4n) is 2.73. The van der Waals surface area contributed by atoms with Crippen molar-refractivity contribution in [1.82, 2.24) is 5.43 Å². The van der Waals surface area contributed by atoms with Crippen molar-refractivity contribution < 1.29 is 23.5 Å². The number of carbonyl (C=O) groups excluding carboxylic acids is 2. The van der Waals surface area contributed by atoms with Crippen molar-refractivity contribution in [1.29, 1.82) is 0 Å². The smallest absolute Gasteiger partial charge is 0.346 e. The Kier molecular flexibility index (Phi) is 7.86. The molecule has 1 N–H and O–H groups in total. The number of halogens is 1. The molecule has 0 spiro atoms. The molecule has 0 unspecified atom stereocenters. The van der Waals surface area contributed by atoms with Gasteiger partial charge in [0.2, 0.25) is 0 Å². The first-order chi connectivity index (χ1) is 15.6. The minimum Gasteiger partial charge on any atom is -0.483 e. The van der Waals surface area contributed by atoms with E-state index < -0.39 is 17.7 Å². The van der Waals surface area contributed by atoms with Crippen LogP contribution in [0, 0.1) is 5.82 Å². The van der Waals surface area contributed by atoms with Gasteiger partial charge in [0.25, 0.3) is 5.91 Å². The number of nitrogens with zero attached hydrogens (tertiary/aromatic N) is 1. The zero-order chi connectivity index (χ0) is 22.8. The molecule has 32 heavy (non-hydrogen) atoms. The van der Waals surface area contributed by atoms with E-state index in [-0.39, 0.29) is 17.9 Å². The number of hydrogen-bond donors (Lipinski definition) is 1. The summed E-state index contributed by atoms with van der Waals surface area (Å²) in [5.74, 6) is -0.972. The molecule has 0 saturated carbocycles. The molecular formula is C25H21FN2O4. The number of esters is 1. The number of para-hydroxylation sites is 1.